The predicted octanol–water partition coefficient (Wildman–Crippen LogP) is 5.01. The highest BCUT2D eigenvalue weighted by atomic mass is 16.6. The number of ether oxygens (including phenoxy) is 1. The van der Waals surface area contributed by atoms with Gasteiger partial charge in [-0.2, -0.15) is 5.10 Å². The van der Waals surface area contributed by atoms with Crippen molar-refractivity contribution in [3.8, 4) is 0 Å². The molecule has 1 aliphatic rings. The summed E-state index contributed by atoms with van der Waals surface area (Å²) in [6.07, 6.45) is 3.26. The zero-order valence-corrected chi connectivity index (χ0v) is 16.7. The number of carbonyl (C=O) groups excluding carboxylic acids is 1. The summed E-state index contributed by atoms with van der Waals surface area (Å²) in [6, 6.07) is 4.39. The van der Waals surface area contributed by atoms with Gasteiger partial charge in [-0.05, 0) is 61.4 Å². The Labute approximate surface area is 152 Å². The largest absolute Gasteiger partial charge is 0.460 e. The molecule has 138 valence electrons. The van der Waals surface area contributed by atoms with Crippen LogP contribution in [-0.4, -0.2) is 24.3 Å². The van der Waals surface area contributed by atoms with Crippen LogP contribution in [0, 0.1) is 0 Å². The Hall–Kier alpha value is -1.84. The Bertz CT molecular complexity index is 625. The number of hydrogen-bond acceptors (Lipinski definition) is 4. The van der Waals surface area contributed by atoms with Crippen molar-refractivity contribution in [2.75, 3.05) is 11.6 Å². The fourth-order valence-electron chi connectivity index (χ4n) is 3.20. The minimum absolute atomic E-state index is 0.164. The molecule has 0 unspecified atom stereocenters. The summed E-state index contributed by atoms with van der Waals surface area (Å²) in [5, 5.41) is 6.51. The Morgan fingerprint density at radius 2 is 1.72 bits per heavy atom. The normalized spacial score (nSPS) is 14.7. The number of benzene rings is 1. The summed E-state index contributed by atoms with van der Waals surface area (Å²) < 4.78 is 5.57. The fourth-order valence-corrected chi connectivity index (χ4v) is 3.20. The molecule has 4 heteroatoms. The number of anilines is 1. The Kier molecular flexibility index (Phi) is 5.91. The van der Waals surface area contributed by atoms with Crippen molar-refractivity contribution in [2.24, 2.45) is 5.10 Å². The Morgan fingerprint density at radius 3 is 2.12 bits per heavy atom. The smallest absolute Gasteiger partial charge is 0.310 e. The van der Waals surface area contributed by atoms with E-state index in [0.717, 1.165) is 24.2 Å². The number of esters is 1. The van der Waals surface area contributed by atoms with Gasteiger partial charge in [0.05, 0.1) is 12.1 Å². The third kappa shape index (κ3) is 5.07. The number of hydrazone groups is 1. The predicted molar refractivity (Wildman–Crippen MR) is 105 cm³/mol. The molecule has 1 heterocycles. The molecule has 0 N–H and O–H groups in total. The van der Waals surface area contributed by atoms with Crippen LogP contribution in [0.2, 0.25) is 0 Å². The van der Waals surface area contributed by atoms with E-state index in [1.54, 1.807) is 0 Å². The third-order valence-corrected chi connectivity index (χ3v) is 4.28. The maximum atomic E-state index is 12.5. The van der Waals surface area contributed by atoms with Gasteiger partial charge >= 0.3 is 5.97 Å². The summed E-state index contributed by atoms with van der Waals surface area (Å²) >= 11 is 0. The quantitative estimate of drug-likeness (QED) is 0.705. The van der Waals surface area contributed by atoms with Crippen LogP contribution in [-0.2, 0) is 16.0 Å². The van der Waals surface area contributed by atoms with Crippen molar-refractivity contribution >= 4 is 17.9 Å². The minimum atomic E-state index is -0.461. The molecule has 1 aromatic rings. The fraction of sp³-hybridized carbons (Fsp3) is 0.619. The van der Waals surface area contributed by atoms with E-state index in [2.05, 4.69) is 49.9 Å². The monoisotopic (exact) mass is 344 g/mol. The molecule has 0 aromatic heterocycles. The first-order chi connectivity index (χ1) is 11.6. The van der Waals surface area contributed by atoms with E-state index < -0.39 is 5.60 Å². The molecule has 0 atom stereocenters. The van der Waals surface area contributed by atoms with Crippen LogP contribution in [0.25, 0.3) is 0 Å². The van der Waals surface area contributed by atoms with Crippen LogP contribution < -0.4 is 5.01 Å². The molecule has 0 radical (unpaired) electrons. The molecule has 0 bridgehead atoms. The van der Waals surface area contributed by atoms with Crippen molar-refractivity contribution < 1.29 is 9.53 Å². The zero-order chi connectivity index (χ0) is 18.8. The van der Waals surface area contributed by atoms with E-state index in [1.165, 1.54) is 11.1 Å². The zero-order valence-electron chi connectivity index (χ0n) is 16.7. The van der Waals surface area contributed by atoms with Crippen LogP contribution in [0.5, 0.6) is 0 Å². The van der Waals surface area contributed by atoms with E-state index in [4.69, 9.17) is 4.74 Å². The summed E-state index contributed by atoms with van der Waals surface area (Å²) in [5.74, 6) is 0.506. The van der Waals surface area contributed by atoms with Crippen molar-refractivity contribution in [3.63, 3.8) is 0 Å². The Morgan fingerprint density at radius 1 is 1.16 bits per heavy atom. The first-order valence-electron chi connectivity index (χ1n) is 9.27. The van der Waals surface area contributed by atoms with Crippen LogP contribution in [0.3, 0.4) is 0 Å². The lowest BCUT2D eigenvalue weighted by Gasteiger charge is -2.25. The van der Waals surface area contributed by atoms with Gasteiger partial charge in [0.2, 0.25) is 0 Å². The first-order valence-corrected chi connectivity index (χ1v) is 9.27. The highest BCUT2D eigenvalue weighted by molar-refractivity contribution is 5.75. The van der Waals surface area contributed by atoms with Gasteiger partial charge in [0.1, 0.15) is 5.60 Å². The van der Waals surface area contributed by atoms with Crippen LogP contribution in [0.15, 0.2) is 17.2 Å². The lowest BCUT2D eigenvalue weighted by Crippen LogP contribution is -2.26. The van der Waals surface area contributed by atoms with Gasteiger partial charge in [0.25, 0.3) is 0 Å². The van der Waals surface area contributed by atoms with Crippen LogP contribution in [0.4, 0.5) is 5.69 Å². The lowest BCUT2D eigenvalue weighted by molar-refractivity contribution is -0.153. The van der Waals surface area contributed by atoms with Crippen molar-refractivity contribution in [3.05, 3.63) is 28.8 Å². The van der Waals surface area contributed by atoms with Crippen molar-refractivity contribution in [2.45, 2.75) is 78.7 Å². The van der Waals surface area contributed by atoms with Gasteiger partial charge in [0.15, 0.2) is 0 Å². The minimum Gasteiger partial charge on any atom is -0.460 e. The third-order valence-electron chi connectivity index (χ3n) is 4.28. The van der Waals surface area contributed by atoms with Gasteiger partial charge in [-0.25, -0.2) is 0 Å². The van der Waals surface area contributed by atoms with E-state index in [1.807, 2.05) is 27.0 Å². The van der Waals surface area contributed by atoms with E-state index in [-0.39, 0.29) is 5.97 Å². The molecule has 0 saturated carbocycles. The lowest BCUT2D eigenvalue weighted by atomic mass is 9.86. The summed E-state index contributed by atoms with van der Waals surface area (Å²) in [6.45, 7) is 15.3. The van der Waals surface area contributed by atoms with Crippen molar-refractivity contribution in [1.82, 2.24) is 0 Å². The van der Waals surface area contributed by atoms with E-state index in [0.29, 0.717) is 18.3 Å². The average Bonchev–Trinajstić information content (AvgIpc) is 2.98. The SMILES string of the molecule is CC(C)c1cc(N2CCC=N2)cc(C(C)C)c1CC(=O)OC(C)(C)C. The van der Waals surface area contributed by atoms with Crippen molar-refractivity contribution in [1.29, 1.82) is 0 Å². The molecular weight excluding hydrogens is 312 g/mol. The highest BCUT2D eigenvalue weighted by Gasteiger charge is 2.23. The standard InChI is InChI=1S/C21H32N2O2/c1-14(2)17-11-16(23-10-8-9-22-23)12-18(15(3)4)19(17)13-20(24)25-21(5,6)7/h9,11-12,14-15H,8,10,13H2,1-7H3. The molecule has 25 heavy (non-hydrogen) atoms. The van der Waals surface area contributed by atoms with E-state index >= 15 is 0 Å². The summed E-state index contributed by atoms with van der Waals surface area (Å²) in [7, 11) is 0. The van der Waals surface area contributed by atoms with E-state index in [9.17, 15) is 4.79 Å². The topological polar surface area (TPSA) is 41.9 Å². The molecule has 0 saturated heterocycles. The maximum absolute atomic E-state index is 12.5. The average molecular weight is 344 g/mol. The molecule has 0 spiro atoms. The molecule has 4 nitrogen and oxygen atoms in total. The molecule has 0 fully saturated rings. The number of rotatable bonds is 5. The molecule has 0 aliphatic carbocycles. The highest BCUT2D eigenvalue weighted by Crippen LogP contribution is 2.34. The van der Waals surface area contributed by atoms with Crippen LogP contribution >= 0.6 is 0 Å². The van der Waals surface area contributed by atoms with Gasteiger partial charge in [-0.1, -0.05) is 27.7 Å². The second-order valence-electron chi connectivity index (χ2n) is 8.39. The first kappa shape index (κ1) is 19.5. The number of carbonyl (C=O) groups is 1. The summed E-state index contributed by atoms with van der Waals surface area (Å²) in [4.78, 5) is 12.5. The molecular formula is C21H32N2O2. The second-order valence-corrected chi connectivity index (χ2v) is 8.39. The van der Waals surface area contributed by atoms with Gasteiger partial charge in [0, 0.05) is 19.2 Å². The number of nitrogens with zero attached hydrogens (tertiary/aromatic N) is 2. The molecule has 1 aliphatic heterocycles. The van der Waals surface area contributed by atoms with Gasteiger partial charge < -0.3 is 4.74 Å². The Balaban J connectivity index is 2.45. The van der Waals surface area contributed by atoms with Crippen LogP contribution in [0.1, 0.15) is 83.4 Å². The van der Waals surface area contributed by atoms with Gasteiger partial charge in [-0.3, -0.25) is 9.80 Å². The molecule has 1 aromatic carbocycles. The number of hydrogen-bond donors (Lipinski definition) is 0. The summed E-state index contributed by atoms with van der Waals surface area (Å²) in [5.41, 5.74) is 4.21. The maximum Gasteiger partial charge on any atom is 0.310 e. The second kappa shape index (κ2) is 7.59. The molecule has 2 rings (SSSR count). The van der Waals surface area contributed by atoms with Gasteiger partial charge in [-0.15, -0.1) is 0 Å². The molecule has 0 amide bonds.